The van der Waals surface area contributed by atoms with Crippen molar-refractivity contribution >= 4 is 29.0 Å². The van der Waals surface area contributed by atoms with Crippen molar-refractivity contribution in [2.24, 2.45) is 0 Å². The molecule has 0 saturated carbocycles. The Labute approximate surface area is 184 Å². The van der Waals surface area contributed by atoms with E-state index in [1.807, 2.05) is 55.5 Å². The predicted molar refractivity (Wildman–Crippen MR) is 119 cm³/mol. The van der Waals surface area contributed by atoms with Gasteiger partial charge in [0.25, 0.3) is 0 Å². The van der Waals surface area contributed by atoms with Gasteiger partial charge < -0.3 is 19.7 Å². The second kappa shape index (κ2) is 9.80. The van der Waals surface area contributed by atoms with E-state index in [0.29, 0.717) is 5.16 Å². The monoisotopic (exact) mass is 440 g/mol. The van der Waals surface area contributed by atoms with E-state index >= 15 is 0 Å². The maximum atomic E-state index is 12.7. The molecule has 1 fully saturated rings. The largest absolute Gasteiger partial charge is 0.497 e. The second-order valence-electron chi connectivity index (χ2n) is 6.97. The maximum Gasteiger partial charge on any atom is 0.237 e. The first-order valence-corrected chi connectivity index (χ1v) is 10.8. The van der Waals surface area contributed by atoms with Gasteiger partial charge in [0.15, 0.2) is 0 Å². The van der Waals surface area contributed by atoms with Crippen LogP contribution in [0.1, 0.15) is 6.92 Å². The SMILES string of the molecule is COc1ccc(-n2nnnc2S[C@H](C)C(=O)Nc2ccc(N3CCOCC3)cc2)cc1. The number of aromatic nitrogens is 4. The van der Waals surface area contributed by atoms with Crippen molar-refractivity contribution in [1.82, 2.24) is 20.2 Å². The average molecular weight is 441 g/mol. The Morgan fingerprint density at radius 3 is 2.45 bits per heavy atom. The summed E-state index contributed by atoms with van der Waals surface area (Å²) in [7, 11) is 1.61. The number of hydrogen-bond acceptors (Lipinski definition) is 8. The van der Waals surface area contributed by atoms with Crippen LogP contribution < -0.4 is 15.0 Å². The van der Waals surface area contributed by atoms with Gasteiger partial charge in [-0.2, -0.15) is 4.68 Å². The van der Waals surface area contributed by atoms with E-state index in [9.17, 15) is 4.79 Å². The molecule has 2 heterocycles. The summed E-state index contributed by atoms with van der Waals surface area (Å²) < 4.78 is 12.2. The summed E-state index contributed by atoms with van der Waals surface area (Å²) in [5, 5.41) is 15.0. The summed E-state index contributed by atoms with van der Waals surface area (Å²) in [6.45, 7) is 5.06. The Morgan fingerprint density at radius 2 is 1.77 bits per heavy atom. The van der Waals surface area contributed by atoms with E-state index in [4.69, 9.17) is 9.47 Å². The summed E-state index contributed by atoms with van der Waals surface area (Å²) in [5.74, 6) is 0.631. The van der Waals surface area contributed by atoms with Gasteiger partial charge in [0, 0.05) is 24.5 Å². The molecule has 1 aromatic heterocycles. The third kappa shape index (κ3) is 5.15. The van der Waals surface area contributed by atoms with Gasteiger partial charge in [-0.25, -0.2) is 0 Å². The first kappa shape index (κ1) is 21.1. The van der Waals surface area contributed by atoms with Crippen molar-refractivity contribution in [3.63, 3.8) is 0 Å². The molecular formula is C21H24N6O3S. The zero-order chi connectivity index (χ0) is 21.6. The van der Waals surface area contributed by atoms with Crippen LogP contribution in [-0.4, -0.2) is 64.8 Å². The molecular weight excluding hydrogens is 416 g/mol. The van der Waals surface area contributed by atoms with Crippen LogP contribution in [0.5, 0.6) is 5.75 Å². The number of rotatable bonds is 7. The highest BCUT2D eigenvalue weighted by atomic mass is 32.2. The van der Waals surface area contributed by atoms with E-state index < -0.39 is 0 Å². The van der Waals surface area contributed by atoms with Crippen LogP contribution in [0.2, 0.25) is 0 Å². The topological polar surface area (TPSA) is 94.4 Å². The summed E-state index contributed by atoms with van der Waals surface area (Å²) in [6.07, 6.45) is 0. The van der Waals surface area contributed by atoms with Gasteiger partial charge in [0.1, 0.15) is 5.75 Å². The van der Waals surface area contributed by atoms with E-state index in [1.165, 1.54) is 11.8 Å². The maximum absolute atomic E-state index is 12.7. The van der Waals surface area contributed by atoms with E-state index in [0.717, 1.165) is 49.1 Å². The van der Waals surface area contributed by atoms with Gasteiger partial charge in [-0.05, 0) is 65.9 Å². The number of benzene rings is 2. The number of ether oxygens (including phenoxy) is 2. The molecule has 9 nitrogen and oxygen atoms in total. The Morgan fingerprint density at radius 1 is 1.10 bits per heavy atom. The molecule has 10 heteroatoms. The molecule has 1 aliphatic heterocycles. The van der Waals surface area contributed by atoms with Gasteiger partial charge in [-0.1, -0.05) is 11.8 Å². The highest BCUT2D eigenvalue weighted by Crippen LogP contribution is 2.25. The van der Waals surface area contributed by atoms with Crippen LogP contribution in [0.15, 0.2) is 53.7 Å². The molecule has 162 valence electrons. The molecule has 0 spiro atoms. The molecule has 0 bridgehead atoms. The van der Waals surface area contributed by atoms with Crippen LogP contribution in [-0.2, 0) is 9.53 Å². The fraction of sp³-hybridized carbons (Fsp3) is 0.333. The lowest BCUT2D eigenvalue weighted by molar-refractivity contribution is -0.115. The van der Waals surface area contributed by atoms with Crippen LogP contribution >= 0.6 is 11.8 Å². The second-order valence-corrected chi connectivity index (χ2v) is 8.27. The highest BCUT2D eigenvalue weighted by Gasteiger charge is 2.20. The first-order valence-electron chi connectivity index (χ1n) is 9.97. The van der Waals surface area contributed by atoms with E-state index in [-0.39, 0.29) is 11.2 Å². The molecule has 1 saturated heterocycles. The Kier molecular flexibility index (Phi) is 6.68. The van der Waals surface area contributed by atoms with Gasteiger partial charge in [-0.15, -0.1) is 5.10 Å². The Bertz CT molecular complexity index is 1000. The zero-order valence-corrected chi connectivity index (χ0v) is 18.2. The predicted octanol–water partition coefficient (Wildman–Crippen LogP) is 2.63. The number of morpholine rings is 1. The number of carbonyl (C=O) groups excluding carboxylic acids is 1. The fourth-order valence-electron chi connectivity index (χ4n) is 3.17. The summed E-state index contributed by atoms with van der Waals surface area (Å²) in [5.41, 5.74) is 2.67. The minimum atomic E-state index is -0.387. The van der Waals surface area contributed by atoms with E-state index in [2.05, 4.69) is 25.7 Å². The molecule has 1 aliphatic rings. The quantitative estimate of drug-likeness (QED) is 0.561. The highest BCUT2D eigenvalue weighted by molar-refractivity contribution is 8.00. The van der Waals surface area contributed by atoms with Crippen molar-refractivity contribution in [3.05, 3.63) is 48.5 Å². The van der Waals surface area contributed by atoms with Crippen LogP contribution in [0, 0.1) is 0 Å². The minimum Gasteiger partial charge on any atom is -0.497 e. The molecule has 1 amide bonds. The zero-order valence-electron chi connectivity index (χ0n) is 17.4. The Balaban J connectivity index is 1.37. The number of carbonyl (C=O) groups is 1. The molecule has 0 radical (unpaired) electrons. The number of hydrogen-bond donors (Lipinski definition) is 1. The lowest BCUT2D eigenvalue weighted by atomic mass is 10.2. The number of anilines is 2. The van der Waals surface area contributed by atoms with Crippen molar-refractivity contribution in [2.45, 2.75) is 17.3 Å². The smallest absolute Gasteiger partial charge is 0.237 e. The molecule has 4 rings (SSSR count). The molecule has 0 aliphatic carbocycles. The van der Waals surface area contributed by atoms with Crippen LogP contribution in [0.3, 0.4) is 0 Å². The number of nitrogens with zero attached hydrogens (tertiary/aromatic N) is 5. The van der Waals surface area contributed by atoms with Crippen molar-refractivity contribution in [2.75, 3.05) is 43.6 Å². The van der Waals surface area contributed by atoms with Crippen molar-refractivity contribution < 1.29 is 14.3 Å². The van der Waals surface area contributed by atoms with Gasteiger partial charge in [0.05, 0.1) is 31.3 Å². The third-order valence-corrected chi connectivity index (χ3v) is 5.95. The normalized spacial score (nSPS) is 14.8. The number of methoxy groups -OCH3 is 1. The fourth-order valence-corrected chi connectivity index (χ4v) is 3.98. The molecule has 3 aromatic rings. The van der Waals surface area contributed by atoms with E-state index in [1.54, 1.807) is 11.8 Å². The molecule has 1 atom stereocenters. The van der Waals surface area contributed by atoms with Gasteiger partial charge >= 0.3 is 0 Å². The summed E-state index contributed by atoms with van der Waals surface area (Å²) >= 11 is 1.30. The van der Waals surface area contributed by atoms with Crippen molar-refractivity contribution in [3.8, 4) is 11.4 Å². The number of nitrogens with one attached hydrogen (secondary N) is 1. The lowest BCUT2D eigenvalue weighted by Crippen LogP contribution is -2.36. The van der Waals surface area contributed by atoms with Gasteiger partial charge in [-0.3, -0.25) is 4.79 Å². The number of thioether (sulfide) groups is 1. The molecule has 2 aromatic carbocycles. The summed E-state index contributed by atoms with van der Waals surface area (Å²) in [4.78, 5) is 15.0. The first-order chi connectivity index (χ1) is 15.1. The number of tetrazole rings is 1. The standard InChI is InChI=1S/C21H24N6O3S/c1-15(31-21-23-24-25-27(21)18-7-9-19(29-2)10-8-18)20(28)22-16-3-5-17(6-4-16)26-11-13-30-14-12-26/h3-10,15H,11-14H2,1-2H3,(H,22,28)/t15-/m1/s1. The third-order valence-electron chi connectivity index (χ3n) is 4.92. The average Bonchev–Trinajstić information content (AvgIpc) is 3.28. The Hall–Kier alpha value is -3.11. The van der Waals surface area contributed by atoms with Crippen molar-refractivity contribution in [1.29, 1.82) is 0 Å². The molecule has 31 heavy (non-hydrogen) atoms. The molecule has 0 unspecified atom stereocenters. The van der Waals surface area contributed by atoms with Crippen LogP contribution in [0.25, 0.3) is 5.69 Å². The van der Waals surface area contributed by atoms with Crippen LogP contribution in [0.4, 0.5) is 11.4 Å². The summed E-state index contributed by atoms with van der Waals surface area (Å²) in [6, 6.07) is 15.3. The molecule has 1 N–H and O–H groups in total. The lowest BCUT2D eigenvalue weighted by Gasteiger charge is -2.28. The minimum absolute atomic E-state index is 0.117. The van der Waals surface area contributed by atoms with Gasteiger partial charge in [0.2, 0.25) is 11.1 Å². The number of amides is 1.